The number of hydrogen-bond acceptors (Lipinski definition) is 12. The highest BCUT2D eigenvalue weighted by Crippen LogP contribution is 2.06. The molecule has 0 bridgehead atoms. The summed E-state index contributed by atoms with van der Waals surface area (Å²) in [5, 5.41) is 54.4. The second-order valence-corrected chi connectivity index (χ2v) is 8.40. The Bertz CT molecular complexity index is 372. The SMILES string of the molecule is OCCOCCOCCOCCCCCS.OC[C@@H](O)[C@@H](O)[C@H](O)[C@H](O)COCCCCCS. The lowest BCUT2D eigenvalue weighted by Gasteiger charge is -2.25. The molecular formula is C22H48O10S2. The quantitative estimate of drug-likeness (QED) is 0.0606. The molecule has 0 aromatic rings. The monoisotopic (exact) mass is 536 g/mol. The van der Waals surface area contributed by atoms with E-state index in [0.717, 1.165) is 50.2 Å². The highest BCUT2D eigenvalue weighted by Gasteiger charge is 2.29. The lowest BCUT2D eigenvalue weighted by Crippen LogP contribution is -2.47. The number of aliphatic hydroxyl groups excluding tert-OH is 6. The van der Waals surface area contributed by atoms with Gasteiger partial charge in [-0.05, 0) is 37.2 Å². The molecule has 0 heterocycles. The summed E-state index contributed by atoms with van der Waals surface area (Å²) >= 11 is 8.21. The first-order chi connectivity index (χ1) is 16.5. The lowest BCUT2D eigenvalue weighted by atomic mass is 10.0. The summed E-state index contributed by atoms with van der Waals surface area (Å²) in [7, 11) is 0. The minimum atomic E-state index is -1.60. The van der Waals surface area contributed by atoms with E-state index < -0.39 is 31.0 Å². The fraction of sp³-hybridized carbons (Fsp3) is 1.00. The Labute approximate surface area is 215 Å². The zero-order valence-electron chi connectivity index (χ0n) is 20.2. The number of ether oxygens (including phenoxy) is 4. The summed E-state index contributed by atoms with van der Waals surface area (Å²) < 4.78 is 20.8. The van der Waals surface area contributed by atoms with Crippen LogP contribution in [0.4, 0.5) is 0 Å². The van der Waals surface area contributed by atoms with E-state index >= 15 is 0 Å². The molecule has 6 N–H and O–H groups in total. The van der Waals surface area contributed by atoms with Crippen molar-refractivity contribution in [1.29, 1.82) is 0 Å². The fourth-order valence-electron chi connectivity index (χ4n) is 2.46. The molecule has 12 heteroatoms. The molecule has 0 aliphatic carbocycles. The van der Waals surface area contributed by atoms with Crippen molar-refractivity contribution in [3.05, 3.63) is 0 Å². The molecule has 0 aliphatic heterocycles. The van der Waals surface area contributed by atoms with E-state index in [-0.39, 0.29) is 13.2 Å². The molecule has 4 atom stereocenters. The normalized spacial score (nSPS) is 14.8. The first-order valence-electron chi connectivity index (χ1n) is 11.9. The van der Waals surface area contributed by atoms with Crippen molar-refractivity contribution in [2.45, 2.75) is 62.9 Å². The van der Waals surface area contributed by atoms with Gasteiger partial charge in [-0.3, -0.25) is 0 Å². The number of unbranched alkanes of at least 4 members (excludes halogenated alkanes) is 4. The summed E-state index contributed by atoms with van der Waals surface area (Å²) in [6, 6.07) is 0. The van der Waals surface area contributed by atoms with Crippen molar-refractivity contribution < 1.29 is 49.6 Å². The predicted octanol–water partition coefficient (Wildman–Crippen LogP) is -0.332. The highest BCUT2D eigenvalue weighted by atomic mass is 32.1. The van der Waals surface area contributed by atoms with E-state index in [9.17, 15) is 15.3 Å². The van der Waals surface area contributed by atoms with E-state index in [0.29, 0.717) is 39.6 Å². The largest absolute Gasteiger partial charge is 0.394 e. The van der Waals surface area contributed by atoms with Crippen molar-refractivity contribution in [3.8, 4) is 0 Å². The fourth-order valence-corrected chi connectivity index (χ4v) is 2.90. The molecule has 0 spiro atoms. The molecule has 0 rings (SSSR count). The second-order valence-electron chi connectivity index (χ2n) is 7.50. The van der Waals surface area contributed by atoms with E-state index in [1.165, 1.54) is 6.42 Å². The third-order valence-corrected chi connectivity index (χ3v) is 5.12. The molecule has 0 unspecified atom stereocenters. The average Bonchev–Trinajstić information content (AvgIpc) is 2.85. The molecule has 208 valence electrons. The van der Waals surface area contributed by atoms with Crippen LogP contribution < -0.4 is 0 Å². The van der Waals surface area contributed by atoms with Crippen LogP contribution in [0.25, 0.3) is 0 Å². The van der Waals surface area contributed by atoms with Crippen LogP contribution in [-0.4, -0.2) is 133 Å². The Balaban J connectivity index is 0. The highest BCUT2D eigenvalue weighted by molar-refractivity contribution is 7.80. The Morgan fingerprint density at radius 2 is 0.941 bits per heavy atom. The Kier molecular flexibility index (Phi) is 31.7. The van der Waals surface area contributed by atoms with Gasteiger partial charge in [0.05, 0.1) is 52.9 Å². The van der Waals surface area contributed by atoms with Crippen LogP contribution in [0.1, 0.15) is 38.5 Å². The molecule has 0 fully saturated rings. The van der Waals surface area contributed by atoms with Gasteiger partial charge in [0.1, 0.15) is 24.4 Å². The smallest absolute Gasteiger partial charge is 0.111 e. The third kappa shape index (κ3) is 25.4. The lowest BCUT2D eigenvalue weighted by molar-refractivity contribution is -0.129. The minimum Gasteiger partial charge on any atom is -0.394 e. The van der Waals surface area contributed by atoms with Crippen molar-refractivity contribution in [2.24, 2.45) is 0 Å². The summed E-state index contributed by atoms with van der Waals surface area (Å²) in [4.78, 5) is 0. The third-order valence-electron chi connectivity index (χ3n) is 4.49. The topological polar surface area (TPSA) is 158 Å². The Hall–Kier alpha value is 0.300. The molecule has 0 radical (unpaired) electrons. The van der Waals surface area contributed by atoms with Gasteiger partial charge in [0.25, 0.3) is 0 Å². The van der Waals surface area contributed by atoms with Crippen molar-refractivity contribution in [3.63, 3.8) is 0 Å². The van der Waals surface area contributed by atoms with Crippen LogP contribution in [0.15, 0.2) is 0 Å². The van der Waals surface area contributed by atoms with Crippen molar-refractivity contribution >= 4 is 25.3 Å². The Morgan fingerprint density at radius 3 is 1.41 bits per heavy atom. The van der Waals surface area contributed by atoms with Crippen LogP contribution in [0, 0.1) is 0 Å². The van der Waals surface area contributed by atoms with Gasteiger partial charge in [0, 0.05) is 13.2 Å². The van der Waals surface area contributed by atoms with Crippen LogP contribution in [-0.2, 0) is 18.9 Å². The van der Waals surface area contributed by atoms with Gasteiger partial charge >= 0.3 is 0 Å². The molecule has 0 amide bonds. The number of thiol groups is 2. The van der Waals surface area contributed by atoms with Gasteiger partial charge < -0.3 is 49.6 Å². The summed E-state index contributed by atoms with van der Waals surface area (Å²) in [5.74, 6) is 1.78. The second kappa shape index (κ2) is 29.5. The van der Waals surface area contributed by atoms with E-state index in [4.69, 9.17) is 34.3 Å². The predicted molar refractivity (Wildman–Crippen MR) is 137 cm³/mol. The molecule has 34 heavy (non-hydrogen) atoms. The number of rotatable bonds is 24. The van der Waals surface area contributed by atoms with Gasteiger partial charge in [0.15, 0.2) is 0 Å². The van der Waals surface area contributed by atoms with E-state index in [2.05, 4.69) is 25.3 Å². The molecule has 0 aromatic carbocycles. The molecule has 10 nitrogen and oxygen atoms in total. The zero-order chi connectivity index (χ0) is 25.9. The number of hydrogen-bond donors (Lipinski definition) is 8. The van der Waals surface area contributed by atoms with Crippen LogP contribution in [0.3, 0.4) is 0 Å². The van der Waals surface area contributed by atoms with Gasteiger partial charge in [0.2, 0.25) is 0 Å². The van der Waals surface area contributed by atoms with Crippen LogP contribution >= 0.6 is 25.3 Å². The van der Waals surface area contributed by atoms with Gasteiger partial charge in [-0.1, -0.05) is 12.8 Å². The molecule has 0 saturated carbocycles. The maximum atomic E-state index is 9.50. The molecular weight excluding hydrogens is 488 g/mol. The zero-order valence-corrected chi connectivity index (χ0v) is 22.0. The molecule has 0 aliphatic rings. The molecule has 0 aromatic heterocycles. The van der Waals surface area contributed by atoms with E-state index in [1.807, 2.05) is 0 Å². The Morgan fingerprint density at radius 1 is 0.500 bits per heavy atom. The maximum absolute atomic E-state index is 9.50. The van der Waals surface area contributed by atoms with Gasteiger partial charge in [-0.2, -0.15) is 25.3 Å². The standard InChI is InChI=1S/C11H24O6S.C11H24O4S/c12-6-8(13)10(15)11(16)9(14)7-17-4-2-1-3-5-18;12-4-6-14-8-10-15-9-7-13-5-2-1-3-11-16/h8-16,18H,1-7H2;12,16H,1-11H2/t8-,9-,10-,11-;/m1./s1. The van der Waals surface area contributed by atoms with Gasteiger partial charge in [-0.25, -0.2) is 0 Å². The van der Waals surface area contributed by atoms with Crippen molar-refractivity contribution in [2.75, 3.05) is 77.6 Å². The average molecular weight is 537 g/mol. The summed E-state index contributed by atoms with van der Waals surface area (Å²) in [6.07, 6.45) is 0.321. The van der Waals surface area contributed by atoms with Gasteiger partial charge in [-0.15, -0.1) is 0 Å². The van der Waals surface area contributed by atoms with Crippen LogP contribution in [0.5, 0.6) is 0 Å². The summed E-state index contributed by atoms with van der Waals surface area (Å²) in [6.45, 7) is 3.23. The minimum absolute atomic E-state index is 0.0649. The van der Waals surface area contributed by atoms with E-state index in [1.54, 1.807) is 0 Å². The van der Waals surface area contributed by atoms with Crippen LogP contribution in [0.2, 0.25) is 0 Å². The summed E-state index contributed by atoms with van der Waals surface area (Å²) in [5.41, 5.74) is 0. The first-order valence-corrected chi connectivity index (χ1v) is 13.2. The maximum Gasteiger partial charge on any atom is 0.111 e. The first kappa shape index (κ1) is 36.5. The number of aliphatic hydroxyl groups is 6. The van der Waals surface area contributed by atoms with Crippen molar-refractivity contribution in [1.82, 2.24) is 0 Å². The molecule has 0 saturated heterocycles.